The molecule has 3 aromatic carbocycles. The van der Waals surface area contributed by atoms with Crippen LogP contribution in [0, 0.1) is 0 Å². The molecule has 160 valence electrons. The monoisotopic (exact) mass is 416 g/mol. The number of hydrogen-bond acceptors (Lipinski definition) is 3. The smallest absolute Gasteiger partial charge is 0.254 e. The van der Waals surface area contributed by atoms with Gasteiger partial charge < -0.3 is 14.5 Å². The summed E-state index contributed by atoms with van der Waals surface area (Å²) in [5.41, 5.74) is 3.27. The summed E-state index contributed by atoms with van der Waals surface area (Å²) in [6.45, 7) is 3.46. The molecule has 0 bridgehead atoms. The van der Waals surface area contributed by atoms with Crippen molar-refractivity contribution in [3.05, 3.63) is 101 Å². The topological polar surface area (TPSA) is 49.9 Å². The van der Waals surface area contributed by atoms with E-state index >= 15 is 0 Å². The fourth-order valence-electron chi connectivity index (χ4n) is 3.20. The number of hydrogen-bond donors (Lipinski definition) is 0. The molecule has 0 saturated heterocycles. The van der Waals surface area contributed by atoms with Gasteiger partial charge in [-0.3, -0.25) is 9.59 Å². The van der Waals surface area contributed by atoms with Gasteiger partial charge in [-0.05, 0) is 48.4 Å². The van der Waals surface area contributed by atoms with Crippen molar-refractivity contribution in [1.82, 2.24) is 9.80 Å². The molecule has 0 heterocycles. The summed E-state index contributed by atoms with van der Waals surface area (Å²) in [7, 11) is 3.46. The van der Waals surface area contributed by atoms with E-state index in [9.17, 15) is 9.59 Å². The van der Waals surface area contributed by atoms with Crippen LogP contribution in [0.2, 0.25) is 0 Å². The highest BCUT2D eigenvalue weighted by molar-refractivity contribution is 5.95. The van der Waals surface area contributed by atoms with E-state index in [1.165, 1.54) is 0 Å². The number of rotatable bonds is 8. The minimum atomic E-state index is -0.0545. The molecule has 0 aliphatic carbocycles. The van der Waals surface area contributed by atoms with Crippen LogP contribution >= 0.6 is 0 Å². The van der Waals surface area contributed by atoms with Gasteiger partial charge in [0.2, 0.25) is 0 Å². The number of nitrogens with zero attached hydrogens (tertiary/aromatic N) is 2. The molecule has 0 unspecified atom stereocenters. The molecule has 0 atom stereocenters. The summed E-state index contributed by atoms with van der Waals surface area (Å²) >= 11 is 0. The predicted molar refractivity (Wildman–Crippen MR) is 122 cm³/mol. The molecule has 3 rings (SSSR count). The zero-order valence-corrected chi connectivity index (χ0v) is 18.2. The Bertz CT molecular complexity index is 1010. The highest BCUT2D eigenvalue weighted by Crippen LogP contribution is 2.18. The lowest BCUT2D eigenvalue weighted by molar-refractivity contribution is 0.0751. The third kappa shape index (κ3) is 5.95. The van der Waals surface area contributed by atoms with E-state index in [4.69, 9.17) is 4.74 Å². The zero-order valence-electron chi connectivity index (χ0n) is 18.2. The highest BCUT2D eigenvalue weighted by atomic mass is 16.5. The molecular formula is C26H28N2O3. The molecular weight excluding hydrogens is 388 g/mol. The number of ether oxygens (including phenoxy) is 1. The quantitative estimate of drug-likeness (QED) is 0.538. The van der Waals surface area contributed by atoms with Gasteiger partial charge >= 0.3 is 0 Å². The van der Waals surface area contributed by atoms with Gasteiger partial charge in [-0.25, -0.2) is 0 Å². The number of carbonyl (C=O) groups is 2. The maximum Gasteiger partial charge on any atom is 0.254 e. The first-order chi connectivity index (χ1) is 15.0. The van der Waals surface area contributed by atoms with Gasteiger partial charge in [-0.15, -0.1) is 0 Å². The molecule has 0 N–H and O–H groups in total. The van der Waals surface area contributed by atoms with Crippen LogP contribution in [0.15, 0.2) is 78.9 Å². The predicted octanol–water partition coefficient (Wildman–Crippen LogP) is 4.63. The maximum absolute atomic E-state index is 13.1. The van der Waals surface area contributed by atoms with Crippen molar-refractivity contribution in [2.75, 3.05) is 20.6 Å². The minimum Gasteiger partial charge on any atom is -0.489 e. The molecule has 3 aromatic rings. The normalized spacial score (nSPS) is 10.4. The molecule has 0 aliphatic rings. The van der Waals surface area contributed by atoms with Crippen LogP contribution < -0.4 is 4.74 Å². The van der Waals surface area contributed by atoms with E-state index in [0.29, 0.717) is 36.6 Å². The van der Waals surface area contributed by atoms with Crippen LogP contribution in [0.5, 0.6) is 5.75 Å². The van der Waals surface area contributed by atoms with E-state index in [1.807, 2.05) is 61.5 Å². The lowest BCUT2D eigenvalue weighted by atomic mass is 10.1. The summed E-state index contributed by atoms with van der Waals surface area (Å²) in [6, 6.07) is 24.6. The molecule has 0 saturated carbocycles. The molecule has 0 aliphatic heterocycles. The molecule has 2 amide bonds. The molecule has 31 heavy (non-hydrogen) atoms. The van der Waals surface area contributed by atoms with Crippen LogP contribution in [0.1, 0.15) is 38.8 Å². The van der Waals surface area contributed by atoms with E-state index in [1.54, 1.807) is 48.2 Å². The van der Waals surface area contributed by atoms with Crippen LogP contribution in [-0.4, -0.2) is 42.3 Å². The Labute approximate surface area is 183 Å². The van der Waals surface area contributed by atoms with Gasteiger partial charge in [-0.1, -0.05) is 48.5 Å². The molecule has 0 aromatic heterocycles. The Morgan fingerprint density at radius 2 is 1.48 bits per heavy atom. The van der Waals surface area contributed by atoms with Crippen LogP contribution in [0.4, 0.5) is 0 Å². The molecule has 5 nitrogen and oxygen atoms in total. The summed E-state index contributed by atoms with van der Waals surface area (Å²) in [4.78, 5) is 28.5. The summed E-state index contributed by atoms with van der Waals surface area (Å²) < 4.78 is 5.86. The average molecular weight is 417 g/mol. The Balaban J connectivity index is 1.66. The van der Waals surface area contributed by atoms with Crippen LogP contribution in [0.25, 0.3) is 0 Å². The largest absolute Gasteiger partial charge is 0.489 e. The molecule has 0 spiro atoms. The van der Waals surface area contributed by atoms with Crippen LogP contribution in [0.3, 0.4) is 0 Å². The van der Waals surface area contributed by atoms with Crippen LogP contribution in [-0.2, 0) is 13.2 Å². The van der Waals surface area contributed by atoms with Gasteiger partial charge in [0.25, 0.3) is 11.8 Å². The molecule has 0 radical (unpaired) electrons. The Morgan fingerprint density at radius 1 is 0.774 bits per heavy atom. The number of carbonyl (C=O) groups excluding carboxylic acids is 2. The lowest BCUT2D eigenvalue weighted by Gasteiger charge is -2.21. The SMILES string of the molecule is CCN(Cc1ccc(C(=O)N(C)C)cc1)C(=O)c1cccc(OCc2ccccc2)c1. The fourth-order valence-corrected chi connectivity index (χ4v) is 3.20. The average Bonchev–Trinajstić information content (AvgIpc) is 2.81. The van der Waals surface area contributed by atoms with E-state index < -0.39 is 0 Å². The second kappa shape index (κ2) is 10.4. The third-order valence-electron chi connectivity index (χ3n) is 4.98. The minimum absolute atomic E-state index is 0.0395. The van der Waals surface area contributed by atoms with Crippen molar-refractivity contribution < 1.29 is 14.3 Å². The van der Waals surface area contributed by atoms with Gasteiger partial charge in [0.15, 0.2) is 0 Å². The number of amides is 2. The van der Waals surface area contributed by atoms with E-state index in [2.05, 4.69) is 0 Å². The summed E-state index contributed by atoms with van der Waals surface area (Å²) in [6.07, 6.45) is 0. The van der Waals surface area contributed by atoms with Crippen molar-refractivity contribution >= 4 is 11.8 Å². The lowest BCUT2D eigenvalue weighted by Crippen LogP contribution is -2.30. The Hall–Kier alpha value is -3.60. The Kier molecular flexibility index (Phi) is 7.44. The van der Waals surface area contributed by atoms with Gasteiger partial charge in [0.1, 0.15) is 12.4 Å². The molecule has 5 heteroatoms. The van der Waals surface area contributed by atoms with Gasteiger partial charge in [-0.2, -0.15) is 0 Å². The second-order valence-corrected chi connectivity index (χ2v) is 7.52. The first-order valence-electron chi connectivity index (χ1n) is 10.3. The van der Waals surface area contributed by atoms with Crippen molar-refractivity contribution in [3.63, 3.8) is 0 Å². The number of benzene rings is 3. The van der Waals surface area contributed by atoms with Crippen molar-refractivity contribution in [2.45, 2.75) is 20.1 Å². The zero-order chi connectivity index (χ0) is 22.2. The third-order valence-corrected chi connectivity index (χ3v) is 4.98. The van der Waals surface area contributed by atoms with Crippen molar-refractivity contribution in [2.24, 2.45) is 0 Å². The van der Waals surface area contributed by atoms with Crippen molar-refractivity contribution in [1.29, 1.82) is 0 Å². The van der Waals surface area contributed by atoms with E-state index in [-0.39, 0.29) is 11.8 Å². The fraction of sp³-hybridized carbons (Fsp3) is 0.231. The maximum atomic E-state index is 13.1. The Morgan fingerprint density at radius 3 is 2.13 bits per heavy atom. The molecule has 0 fully saturated rings. The first kappa shape index (κ1) is 22.1. The van der Waals surface area contributed by atoms with E-state index in [0.717, 1.165) is 11.1 Å². The van der Waals surface area contributed by atoms with Gasteiger partial charge in [0.05, 0.1) is 0 Å². The highest BCUT2D eigenvalue weighted by Gasteiger charge is 2.16. The standard InChI is InChI=1S/C26H28N2O3/c1-4-28(18-20-13-15-22(16-14-20)25(29)27(2)3)26(30)23-11-8-12-24(17-23)31-19-21-9-6-5-7-10-21/h5-17H,4,18-19H2,1-3H3. The van der Waals surface area contributed by atoms with Gasteiger partial charge in [0, 0.05) is 38.3 Å². The summed E-state index contributed by atoms with van der Waals surface area (Å²) in [5.74, 6) is 0.570. The first-order valence-corrected chi connectivity index (χ1v) is 10.3. The van der Waals surface area contributed by atoms with Crippen molar-refractivity contribution in [3.8, 4) is 5.75 Å². The second-order valence-electron chi connectivity index (χ2n) is 7.52. The summed E-state index contributed by atoms with van der Waals surface area (Å²) in [5, 5.41) is 0.